The fraction of sp³-hybridized carbons (Fsp3) is 0.0667. The lowest BCUT2D eigenvalue weighted by Crippen LogP contribution is -2.05. The Hall–Kier alpha value is -3.20. The fourth-order valence-electron chi connectivity index (χ4n) is 2.07. The predicted molar refractivity (Wildman–Crippen MR) is 78.6 cm³/mol. The van der Waals surface area contributed by atoms with E-state index < -0.39 is 0 Å². The van der Waals surface area contributed by atoms with Gasteiger partial charge in [0.15, 0.2) is 16.9 Å². The van der Waals surface area contributed by atoms with Crippen LogP contribution in [0.3, 0.4) is 0 Å². The average molecular weight is 277 g/mol. The molecule has 102 valence electrons. The minimum atomic E-state index is -0.0102. The summed E-state index contributed by atoms with van der Waals surface area (Å²) in [4.78, 5) is 22.7. The van der Waals surface area contributed by atoms with Crippen LogP contribution in [0.1, 0.15) is 11.3 Å². The molecule has 0 aliphatic heterocycles. The largest absolute Gasteiger partial charge is 0.364 e. The van der Waals surface area contributed by atoms with Gasteiger partial charge >= 0.3 is 0 Å². The third-order valence-electron chi connectivity index (χ3n) is 3.09. The molecule has 2 N–H and O–H groups in total. The summed E-state index contributed by atoms with van der Waals surface area (Å²) in [6.45, 7) is 0.486. The first-order valence-corrected chi connectivity index (χ1v) is 6.33. The number of aromatic nitrogens is 3. The standard InChI is InChI=1S/C15H11N5O/c16-8-13-15(19-6-5-18-13)20-9-10-1-2-11-12(7-10)17-4-3-14(11)21/h1-7H,9H2,(H,17,21)(H,19,20). The van der Waals surface area contributed by atoms with Crippen LogP contribution in [0.15, 0.2) is 47.7 Å². The average Bonchev–Trinajstić information content (AvgIpc) is 2.53. The highest BCUT2D eigenvalue weighted by molar-refractivity contribution is 5.78. The number of nitrogens with zero attached hydrogens (tertiary/aromatic N) is 3. The van der Waals surface area contributed by atoms with Gasteiger partial charge in [0.05, 0.1) is 0 Å². The molecule has 1 aromatic carbocycles. The van der Waals surface area contributed by atoms with E-state index in [2.05, 4.69) is 20.3 Å². The molecule has 6 nitrogen and oxygen atoms in total. The normalized spacial score (nSPS) is 10.2. The van der Waals surface area contributed by atoms with Crippen molar-refractivity contribution in [3.63, 3.8) is 0 Å². The monoisotopic (exact) mass is 277 g/mol. The molecule has 2 heterocycles. The van der Waals surface area contributed by atoms with Gasteiger partial charge in [0.25, 0.3) is 0 Å². The zero-order valence-electron chi connectivity index (χ0n) is 11.0. The van der Waals surface area contributed by atoms with E-state index in [1.807, 2.05) is 18.2 Å². The lowest BCUT2D eigenvalue weighted by molar-refractivity contribution is 1.07. The number of hydrogen-bond acceptors (Lipinski definition) is 5. The molecular weight excluding hydrogens is 266 g/mol. The van der Waals surface area contributed by atoms with E-state index >= 15 is 0 Å². The number of nitrogens with one attached hydrogen (secondary N) is 2. The highest BCUT2D eigenvalue weighted by Crippen LogP contribution is 2.13. The lowest BCUT2D eigenvalue weighted by atomic mass is 10.1. The number of anilines is 1. The third kappa shape index (κ3) is 2.58. The Morgan fingerprint density at radius 3 is 2.95 bits per heavy atom. The molecule has 0 aliphatic rings. The molecule has 0 atom stereocenters. The molecule has 0 bridgehead atoms. The predicted octanol–water partition coefficient (Wildman–Crippen LogP) is 1.80. The van der Waals surface area contributed by atoms with Gasteiger partial charge < -0.3 is 10.3 Å². The van der Waals surface area contributed by atoms with E-state index in [0.29, 0.717) is 17.7 Å². The second-order valence-corrected chi connectivity index (χ2v) is 4.44. The van der Waals surface area contributed by atoms with Gasteiger partial charge in [-0.15, -0.1) is 0 Å². The van der Waals surface area contributed by atoms with Crippen LogP contribution in [-0.4, -0.2) is 15.0 Å². The second-order valence-electron chi connectivity index (χ2n) is 4.44. The summed E-state index contributed by atoms with van der Waals surface area (Å²) < 4.78 is 0. The number of rotatable bonds is 3. The van der Waals surface area contributed by atoms with Gasteiger partial charge in [-0.05, 0) is 17.7 Å². The van der Waals surface area contributed by atoms with Crippen molar-refractivity contribution in [1.29, 1.82) is 5.26 Å². The highest BCUT2D eigenvalue weighted by Gasteiger charge is 2.04. The minimum Gasteiger partial charge on any atom is -0.364 e. The Bertz CT molecular complexity index is 894. The molecule has 0 fully saturated rings. The van der Waals surface area contributed by atoms with Gasteiger partial charge in [-0.25, -0.2) is 9.97 Å². The zero-order chi connectivity index (χ0) is 14.7. The van der Waals surface area contributed by atoms with Crippen LogP contribution >= 0.6 is 0 Å². The van der Waals surface area contributed by atoms with E-state index in [-0.39, 0.29) is 11.1 Å². The van der Waals surface area contributed by atoms with Crippen LogP contribution in [0.2, 0.25) is 0 Å². The highest BCUT2D eigenvalue weighted by atomic mass is 16.1. The first-order chi connectivity index (χ1) is 10.3. The first kappa shape index (κ1) is 12.8. The van der Waals surface area contributed by atoms with Crippen LogP contribution in [-0.2, 0) is 6.54 Å². The van der Waals surface area contributed by atoms with Crippen molar-refractivity contribution in [2.24, 2.45) is 0 Å². The van der Waals surface area contributed by atoms with Crippen LogP contribution in [0.25, 0.3) is 10.9 Å². The molecule has 6 heteroatoms. The SMILES string of the molecule is N#Cc1nccnc1NCc1ccc2c(=O)cc[nH]c2c1. The first-order valence-electron chi connectivity index (χ1n) is 6.33. The van der Waals surface area contributed by atoms with Crippen molar-refractivity contribution >= 4 is 16.7 Å². The minimum absolute atomic E-state index is 0.0102. The van der Waals surface area contributed by atoms with Crippen LogP contribution in [0.5, 0.6) is 0 Å². The molecular formula is C15H11N5O. The summed E-state index contributed by atoms with van der Waals surface area (Å²) >= 11 is 0. The molecule has 2 aromatic heterocycles. The maximum absolute atomic E-state index is 11.7. The quantitative estimate of drug-likeness (QED) is 0.761. The van der Waals surface area contributed by atoms with E-state index in [0.717, 1.165) is 11.1 Å². The van der Waals surface area contributed by atoms with E-state index in [1.165, 1.54) is 18.5 Å². The molecule has 0 amide bonds. The van der Waals surface area contributed by atoms with Crippen molar-refractivity contribution < 1.29 is 0 Å². The van der Waals surface area contributed by atoms with Gasteiger partial charge in [-0.2, -0.15) is 5.26 Å². The molecule has 0 radical (unpaired) electrons. The molecule has 0 spiro atoms. The van der Waals surface area contributed by atoms with E-state index in [1.54, 1.807) is 12.3 Å². The van der Waals surface area contributed by atoms with Crippen LogP contribution < -0.4 is 10.7 Å². The van der Waals surface area contributed by atoms with Crippen molar-refractivity contribution in [3.8, 4) is 6.07 Å². The number of benzene rings is 1. The fourth-order valence-corrected chi connectivity index (χ4v) is 2.07. The Balaban J connectivity index is 1.86. The number of pyridine rings is 1. The maximum atomic E-state index is 11.7. The molecule has 0 aliphatic carbocycles. The Labute approximate surface area is 120 Å². The smallest absolute Gasteiger partial charge is 0.189 e. The van der Waals surface area contributed by atoms with Gasteiger partial charge in [-0.1, -0.05) is 6.07 Å². The molecule has 0 saturated heterocycles. The number of H-pyrrole nitrogens is 1. The molecule has 3 aromatic rings. The van der Waals surface area contributed by atoms with E-state index in [4.69, 9.17) is 5.26 Å². The second kappa shape index (κ2) is 5.43. The van der Waals surface area contributed by atoms with Crippen molar-refractivity contribution in [1.82, 2.24) is 15.0 Å². The summed E-state index contributed by atoms with van der Waals surface area (Å²) in [5.74, 6) is 0.446. The van der Waals surface area contributed by atoms with Crippen molar-refractivity contribution in [3.05, 3.63) is 64.3 Å². The number of hydrogen-bond donors (Lipinski definition) is 2. The summed E-state index contributed by atoms with van der Waals surface area (Å²) in [5.41, 5.74) is 2.00. The number of nitriles is 1. The molecule has 0 saturated carbocycles. The van der Waals surface area contributed by atoms with Crippen LogP contribution in [0.4, 0.5) is 5.82 Å². The molecule has 21 heavy (non-hydrogen) atoms. The summed E-state index contributed by atoms with van der Waals surface area (Å²) in [7, 11) is 0. The number of fused-ring (bicyclic) bond motifs is 1. The van der Waals surface area contributed by atoms with E-state index in [9.17, 15) is 4.79 Å². The van der Waals surface area contributed by atoms with Crippen molar-refractivity contribution in [2.45, 2.75) is 6.54 Å². The third-order valence-corrected chi connectivity index (χ3v) is 3.09. The van der Waals surface area contributed by atoms with Gasteiger partial charge in [-0.3, -0.25) is 4.79 Å². The Morgan fingerprint density at radius 2 is 2.10 bits per heavy atom. The summed E-state index contributed by atoms with van der Waals surface area (Å²) in [6, 6.07) is 9.03. The Morgan fingerprint density at radius 1 is 1.24 bits per heavy atom. The lowest BCUT2D eigenvalue weighted by Gasteiger charge is -2.07. The zero-order valence-corrected chi connectivity index (χ0v) is 11.0. The maximum Gasteiger partial charge on any atom is 0.189 e. The molecule has 0 unspecified atom stereocenters. The summed E-state index contributed by atoms with van der Waals surface area (Å²) in [5, 5.41) is 12.7. The number of aromatic amines is 1. The Kier molecular flexibility index (Phi) is 3.31. The molecule has 3 rings (SSSR count). The van der Waals surface area contributed by atoms with Gasteiger partial charge in [0.2, 0.25) is 0 Å². The van der Waals surface area contributed by atoms with Gasteiger partial charge in [0.1, 0.15) is 6.07 Å². The van der Waals surface area contributed by atoms with Crippen molar-refractivity contribution in [2.75, 3.05) is 5.32 Å². The van der Waals surface area contributed by atoms with Crippen LogP contribution in [0, 0.1) is 11.3 Å². The summed E-state index contributed by atoms with van der Waals surface area (Å²) in [6.07, 6.45) is 4.63. The topological polar surface area (TPSA) is 94.5 Å². The van der Waals surface area contributed by atoms with Gasteiger partial charge in [0, 0.05) is 42.1 Å².